The van der Waals surface area contributed by atoms with Gasteiger partial charge < -0.3 is 9.47 Å². The Morgan fingerprint density at radius 3 is 2.08 bits per heavy atom. The summed E-state index contributed by atoms with van der Waals surface area (Å²) in [5.74, 6) is -1.37. The lowest BCUT2D eigenvalue weighted by atomic mass is 9.83. The third kappa shape index (κ3) is 3.14. The van der Waals surface area contributed by atoms with Gasteiger partial charge in [-0.3, -0.25) is 19.4 Å². The number of nitrogens with zero attached hydrogens (tertiary/aromatic N) is 3. The van der Waals surface area contributed by atoms with E-state index in [1.54, 1.807) is 74.0 Å². The van der Waals surface area contributed by atoms with E-state index in [0.29, 0.717) is 22.7 Å². The Kier molecular flexibility index (Phi) is 5.10. The first kappa shape index (κ1) is 22.0. The second kappa shape index (κ2) is 8.34. The number of fused-ring (bicyclic) bond motifs is 5. The smallest absolute Gasteiger partial charge is 0.240 e. The van der Waals surface area contributed by atoms with Crippen LogP contribution in [0.3, 0.4) is 0 Å². The topological polar surface area (TPSA) is 88.5 Å². The Morgan fingerprint density at radius 2 is 1.42 bits per heavy atom. The van der Waals surface area contributed by atoms with Gasteiger partial charge in [-0.05, 0) is 59.7 Å². The van der Waals surface area contributed by atoms with Crippen molar-refractivity contribution in [2.24, 2.45) is 16.9 Å². The van der Waals surface area contributed by atoms with Gasteiger partial charge in [0.2, 0.25) is 11.8 Å². The van der Waals surface area contributed by atoms with E-state index in [9.17, 15) is 14.4 Å². The standard InChI is InChI=1S/C28H23N3O5/c1-35-19-11-7-16(8-12-19)26(32)25-23-22(24-21-6-4-3-5-17(21)15-29-31(24)25)27(33)30(28(23)34)18-9-13-20(36-2)14-10-18/h3-15,22-25H,1-2H3/t22-,23+,24-,25-/m1/s1. The predicted molar refractivity (Wildman–Crippen MR) is 132 cm³/mol. The highest BCUT2D eigenvalue weighted by atomic mass is 16.5. The molecule has 0 aliphatic carbocycles. The summed E-state index contributed by atoms with van der Waals surface area (Å²) < 4.78 is 10.4. The van der Waals surface area contributed by atoms with E-state index in [-0.39, 0.29) is 11.7 Å². The molecule has 3 aromatic carbocycles. The number of methoxy groups -OCH3 is 2. The number of carbonyl (C=O) groups is 3. The molecular formula is C28H23N3O5. The lowest BCUT2D eigenvalue weighted by Gasteiger charge is -2.33. The molecule has 0 radical (unpaired) electrons. The normalized spacial score (nSPS) is 23.8. The molecule has 8 nitrogen and oxygen atoms in total. The Bertz CT molecular complexity index is 1400. The monoisotopic (exact) mass is 481 g/mol. The molecule has 8 heteroatoms. The number of hydrazone groups is 1. The fourth-order valence-electron chi connectivity index (χ4n) is 5.58. The molecule has 2 amide bonds. The Labute approximate surface area is 207 Å². The molecule has 3 aromatic rings. The summed E-state index contributed by atoms with van der Waals surface area (Å²) in [6, 6.07) is 19.7. The molecule has 0 N–H and O–H groups in total. The molecule has 2 saturated heterocycles. The SMILES string of the molecule is COc1ccc(C(=O)[C@H]2[C@H]3C(=O)N(c4ccc(OC)cc4)C(=O)[C@H]3[C@H]3c4ccccc4C=NN32)cc1. The van der Waals surface area contributed by atoms with E-state index in [4.69, 9.17) is 9.47 Å². The minimum Gasteiger partial charge on any atom is -0.497 e. The number of amides is 2. The van der Waals surface area contributed by atoms with Gasteiger partial charge in [-0.1, -0.05) is 24.3 Å². The highest BCUT2D eigenvalue weighted by molar-refractivity contribution is 6.24. The van der Waals surface area contributed by atoms with Gasteiger partial charge >= 0.3 is 0 Å². The number of carbonyl (C=O) groups excluding carboxylic acids is 3. The highest BCUT2D eigenvalue weighted by Crippen LogP contribution is 2.53. The summed E-state index contributed by atoms with van der Waals surface area (Å²) in [6.45, 7) is 0. The Morgan fingerprint density at radius 1 is 0.806 bits per heavy atom. The van der Waals surface area contributed by atoms with Crippen molar-refractivity contribution in [1.82, 2.24) is 5.01 Å². The van der Waals surface area contributed by atoms with Gasteiger partial charge in [0.25, 0.3) is 0 Å². The fourth-order valence-corrected chi connectivity index (χ4v) is 5.58. The summed E-state index contributed by atoms with van der Waals surface area (Å²) in [6.07, 6.45) is 1.69. The number of benzene rings is 3. The quantitative estimate of drug-likeness (QED) is 0.410. The van der Waals surface area contributed by atoms with Gasteiger partial charge in [-0.15, -0.1) is 0 Å². The lowest BCUT2D eigenvalue weighted by molar-refractivity contribution is -0.124. The van der Waals surface area contributed by atoms with Crippen LogP contribution < -0.4 is 14.4 Å². The highest BCUT2D eigenvalue weighted by Gasteiger charge is 2.65. The maximum Gasteiger partial charge on any atom is 0.240 e. The zero-order valence-electron chi connectivity index (χ0n) is 19.7. The number of hydrogen-bond acceptors (Lipinski definition) is 7. The van der Waals surface area contributed by atoms with E-state index < -0.39 is 29.8 Å². The van der Waals surface area contributed by atoms with Crippen LogP contribution in [0.5, 0.6) is 11.5 Å². The maximum absolute atomic E-state index is 13.9. The number of Topliss-reactive ketones (excluding diaryl/α,β-unsaturated/α-hetero) is 1. The van der Waals surface area contributed by atoms with Crippen molar-refractivity contribution in [3.05, 3.63) is 89.5 Å². The van der Waals surface area contributed by atoms with Gasteiger partial charge in [0, 0.05) is 5.56 Å². The van der Waals surface area contributed by atoms with Crippen LogP contribution >= 0.6 is 0 Å². The van der Waals surface area contributed by atoms with Gasteiger partial charge in [0.1, 0.15) is 17.5 Å². The first-order valence-electron chi connectivity index (χ1n) is 11.6. The van der Waals surface area contributed by atoms with E-state index in [2.05, 4.69) is 5.10 Å². The average Bonchev–Trinajstić information content (AvgIpc) is 3.40. The van der Waals surface area contributed by atoms with Crippen LogP contribution in [0.2, 0.25) is 0 Å². The fraction of sp³-hybridized carbons (Fsp3) is 0.214. The third-order valence-electron chi connectivity index (χ3n) is 7.27. The predicted octanol–water partition coefficient (Wildman–Crippen LogP) is 3.47. The van der Waals surface area contributed by atoms with Crippen molar-refractivity contribution in [2.45, 2.75) is 12.1 Å². The lowest BCUT2D eigenvalue weighted by Crippen LogP contribution is -2.44. The van der Waals surface area contributed by atoms with Crippen LogP contribution in [0.1, 0.15) is 27.5 Å². The number of hydrogen-bond donors (Lipinski definition) is 0. The van der Waals surface area contributed by atoms with Crippen LogP contribution in [0.25, 0.3) is 0 Å². The van der Waals surface area contributed by atoms with Crippen molar-refractivity contribution in [3.8, 4) is 11.5 Å². The van der Waals surface area contributed by atoms with E-state index in [1.807, 2.05) is 24.3 Å². The molecule has 36 heavy (non-hydrogen) atoms. The van der Waals surface area contributed by atoms with E-state index in [0.717, 1.165) is 11.1 Å². The van der Waals surface area contributed by atoms with Crippen LogP contribution in [0, 0.1) is 11.8 Å². The number of ether oxygens (including phenoxy) is 2. The Balaban J connectivity index is 1.46. The zero-order valence-corrected chi connectivity index (χ0v) is 19.7. The second-order valence-electron chi connectivity index (χ2n) is 9.00. The molecule has 0 unspecified atom stereocenters. The number of imide groups is 1. The molecule has 0 aromatic heterocycles. The average molecular weight is 482 g/mol. The molecule has 180 valence electrons. The first-order valence-corrected chi connectivity index (χ1v) is 11.6. The summed E-state index contributed by atoms with van der Waals surface area (Å²) in [5, 5.41) is 6.25. The van der Waals surface area contributed by atoms with E-state index >= 15 is 0 Å². The van der Waals surface area contributed by atoms with Crippen molar-refractivity contribution in [3.63, 3.8) is 0 Å². The summed E-state index contributed by atoms with van der Waals surface area (Å²) >= 11 is 0. The van der Waals surface area contributed by atoms with E-state index in [1.165, 1.54) is 4.90 Å². The minimum atomic E-state index is -0.919. The van der Waals surface area contributed by atoms with Crippen LogP contribution in [0.15, 0.2) is 77.9 Å². The van der Waals surface area contributed by atoms with Crippen LogP contribution in [-0.4, -0.2) is 49.1 Å². The maximum atomic E-state index is 13.9. The number of anilines is 1. The number of ketones is 1. The molecule has 2 fully saturated rings. The van der Waals surface area contributed by atoms with Gasteiger partial charge in [0.15, 0.2) is 5.78 Å². The van der Waals surface area contributed by atoms with Crippen molar-refractivity contribution in [1.29, 1.82) is 0 Å². The molecule has 0 spiro atoms. The van der Waals surface area contributed by atoms with Crippen molar-refractivity contribution < 1.29 is 23.9 Å². The minimum absolute atomic E-state index is 0.260. The van der Waals surface area contributed by atoms with Crippen molar-refractivity contribution in [2.75, 3.05) is 19.1 Å². The Hall–Kier alpha value is -4.46. The van der Waals surface area contributed by atoms with Gasteiger partial charge in [0.05, 0.1) is 44.0 Å². The molecule has 0 saturated carbocycles. The van der Waals surface area contributed by atoms with Gasteiger partial charge in [-0.25, -0.2) is 4.90 Å². The molecule has 0 bridgehead atoms. The van der Waals surface area contributed by atoms with Crippen LogP contribution in [-0.2, 0) is 9.59 Å². The van der Waals surface area contributed by atoms with Gasteiger partial charge in [-0.2, -0.15) is 5.10 Å². The third-order valence-corrected chi connectivity index (χ3v) is 7.27. The largest absolute Gasteiger partial charge is 0.497 e. The van der Waals surface area contributed by atoms with Crippen molar-refractivity contribution >= 4 is 29.5 Å². The summed E-state index contributed by atoms with van der Waals surface area (Å²) in [5.41, 5.74) is 2.64. The summed E-state index contributed by atoms with van der Waals surface area (Å²) in [7, 11) is 3.11. The molecule has 6 rings (SSSR count). The molecular weight excluding hydrogens is 458 g/mol. The molecule has 3 heterocycles. The number of rotatable bonds is 5. The first-order chi connectivity index (χ1) is 17.5. The second-order valence-corrected chi connectivity index (χ2v) is 9.00. The molecule has 4 atom stereocenters. The zero-order chi connectivity index (χ0) is 25.0. The summed E-state index contributed by atoms with van der Waals surface area (Å²) in [4.78, 5) is 42.8. The molecule has 3 aliphatic heterocycles. The van der Waals surface area contributed by atoms with Crippen LogP contribution in [0.4, 0.5) is 5.69 Å². The molecule has 3 aliphatic rings.